The van der Waals surface area contributed by atoms with Gasteiger partial charge in [0.25, 0.3) is 0 Å². The van der Waals surface area contributed by atoms with Gasteiger partial charge in [-0.3, -0.25) is 15.4 Å². The first kappa shape index (κ1) is 34.1. The number of nitrogens with two attached hydrogens (primary N) is 1. The number of hydrogen-bond acceptors (Lipinski definition) is 8. The van der Waals surface area contributed by atoms with Gasteiger partial charge in [-0.2, -0.15) is 0 Å². The van der Waals surface area contributed by atoms with Crippen molar-refractivity contribution in [2.45, 2.75) is 50.2 Å². The van der Waals surface area contributed by atoms with E-state index in [-0.39, 0.29) is 41.8 Å². The number of rotatable bonds is 14. The molecule has 3 aromatic carbocycles. The summed E-state index contributed by atoms with van der Waals surface area (Å²) in [5, 5.41) is 15.5. The molecule has 3 aromatic rings. The topological polar surface area (TPSA) is 188 Å². The highest BCUT2D eigenvalue weighted by Gasteiger charge is 2.26. The molecule has 6 N–H and O–H groups in total. The number of benzene rings is 3. The molecule has 1 saturated heterocycles. The van der Waals surface area contributed by atoms with E-state index < -0.39 is 23.7 Å². The second-order valence-electron chi connectivity index (χ2n) is 10.7. The van der Waals surface area contributed by atoms with Crippen molar-refractivity contribution in [2.75, 3.05) is 26.3 Å². The highest BCUT2D eigenvalue weighted by Crippen LogP contribution is 2.40. The number of ether oxygens (including phenoxy) is 2. The predicted molar refractivity (Wildman–Crippen MR) is 173 cm³/mol. The Bertz CT molecular complexity index is 1630. The lowest BCUT2D eigenvalue weighted by atomic mass is 10.1. The lowest BCUT2D eigenvalue weighted by molar-refractivity contribution is 0.130. The van der Waals surface area contributed by atoms with Crippen LogP contribution in [0.25, 0.3) is 0 Å². The minimum atomic E-state index is -4.06. The maximum atomic E-state index is 13.4. The summed E-state index contributed by atoms with van der Waals surface area (Å²) in [6.45, 7) is 4.95. The van der Waals surface area contributed by atoms with Crippen molar-refractivity contribution in [2.24, 2.45) is 5.73 Å². The van der Waals surface area contributed by atoms with Gasteiger partial charge in [-0.05, 0) is 74.4 Å². The molecule has 0 aliphatic carbocycles. The van der Waals surface area contributed by atoms with Crippen LogP contribution in [-0.4, -0.2) is 68.3 Å². The van der Waals surface area contributed by atoms with Crippen molar-refractivity contribution in [3.8, 4) is 11.5 Å². The van der Waals surface area contributed by atoms with Crippen LogP contribution in [0.4, 0.5) is 0 Å². The van der Waals surface area contributed by atoms with Crippen molar-refractivity contribution in [1.82, 2.24) is 9.62 Å². The molecule has 0 spiro atoms. The van der Waals surface area contributed by atoms with Gasteiger partial charge in [0.2, 0.25) is 10.0 Å². The van der Waals surface area contributed by atoms with E-state index in [4.69, 9.17) is 30.5 Å². The normalized spacial score (nSPS) is 16.0. The molecule has 2 atom stereocenters. The van der Waals surface area contributed by atoms with Gasteiger partial charge in [-0.15, -0.1) is 0 Å². The molecule has 1 unspecified atom stereocenters. The smallest absolute Gasteiger partial charge is 0.358 e. The number of likely N-dealkylation sites (tertiary alicyclic amines) is 1. The Kier molecular flexibility index (Phi) is 11.4. The zero-order chi connectivity index (χ0) is 32.6. The molecule has 242 valence electrons. The first-order valence-corrected chi connectivity index (χ1v) is 17.7. The average molecular weight is 658 g/mol. The fourth-order valence-electron chi connectivity index (χ4n) is 4.93. The highest BCUT2D eigenvalue weighted by atomic mass is 32.2. The van der Waals surface area contributed by atoms with Gasteiger partial charge < -0.3 is 29.5 Å². The van der Waals surface area contributed by atoms with E-state index in [1.54, 1.807) is 38.1 Å². The molecule has 4 rings (SSSR count). The fraction of sp³-hybridized carbons (Fsp3) is 0.355. The molecule has 1 aliphatic heterocycles. The molecular weight excluding hydrogens is 617 g/mol. The summed E-state index contributed by atoms with van der Waals surface area (Å²) < 4.78 is 58.9. The van der Waals surface area contributed by atoms with Crippen LogP contribution in [0.2, 0.25) is 0 Å². The quantitative estimate of drug-likeness (QED) is 0.0980. The van der Waals surface area contributed by atoms with Gasteiger partial charge in [-0.25, -0.2) is 13.1 Å². The summed E-state index contributed by atoms with van der Waals surface area (Å²) >= 11 is 0. The Labute approximate surface area is 264 Å². The van der Waals surface area contributed by atoms with Crippen LogP contribution >= 0.6 is 7.60 Å². The molecule has 0 bridgehead atoms. The zero-order valence-corrected chi connectivity index (χ0v) is 27.0. The summed E-state index contributed by atoms with van der Waals surface area (Å²) in [5.74, 6) is 1.59. The number of piperidine rings is 1. The number of nitrogens with zero attached hydrogens (tertiary/aromatic N) is 1. The van der Waals surface area contributed by atoms with Gasteiger partial charge in [0.05, 0.1) is 28.7 Å². The number of sulfonamides is 1. The second-order valence-corrected chi connectivity index (χ2v) is 14.3. The summed E-state index contributed by atoms with van der Waals surface area (Å²) in [6, 6.07) is 18.5. The van der Waals surface area contributed by atoms with E-state index >= 15 is 0 Å². The monoisotopic (exact) mass is 657 g/mol. The van der Waals surface area contributed by atoms with E-state index in [1.165, 1.54) is 24.3 Å². The average Bonchev–Trinajstić information content (AvgIpc) is 3.01. The Morgan fingerprint density at radius 2 is 1.73 bits per heavy atom. The van der Waals surface area contributed by atoms with Gasteiger partial charge in [0.1, 0.15) is 30.0 Å². The summed E-state index contributed by atoms with van der Waals surface area (Å²) in [5.41, 5.74) is 6.93. The van der Waals surface area contributed by atoms with Crippen LogP contribution in [0.1, 0.15) is 37.8 Å². The van der Waals surface area contributed by atoms with E-state index in [2.05, 4.69) is 4.72 Å². The largest absolute Gasteiger partial charge is 0.492 e. The van der Waals surface area contributed by atoms with Crippen molar-refractivity contribution < 1.29 is 31.9 Å². The molecular formula is C31H40N5O7PS. The first-order valence-electron chi connectivity index (χ1n) is 14.6. The third-order valence-electron chi connectivity index (χ3n) is 7.32. The first-order chi connectivity index (χ1) is 21.4. The Hall–Kier alpha value is -3.74. The molecule has 14 heteroatoms. The van der Waals surface area contributed by atoms with Crippen molar-refractivity contribution >= 4 is 34.6 Å². The third-order valence-corrected chi connectivity index (χ3v) is 10.4. The lowest BCUT2D eigenvalue weighted by Gasteiger charge is -2.32. The number of amidine groups is 2. The Balaban J connectivity index is 1.48. The Morgan fingerprint density at radius 3 is 2.33 bits per heavy atom. The maximum Gasteiger partial charge on any atom is 0.358 e. The molecule has 0 saturated carbocycles. The molecule has 0 radical (unpaired) electrons. The minimum absolute atomic E-state index is 0.00812. The van der Waals surface area contributed by atoms with Gasteiger partial charge >= 0.3 is 7.60 Å². The van der Waals surface area contributed by atoms with E-state index in [0.29, 0.717) is 22.9 Å². The zero-order valence-electron chi connectivity index (χ0n) is 25.3. The maximum absolute atomic E-state index is 13.4. The van der Waals surface area contributed by atoms with Crippen molar-refractivity contribution in [3.63, 3.8) is 0 Å². The third kappa shape index (κ3) is 9.62. The number of nitrogens with one attached hydrogen (secondary N) is 3. The Morgan fingerprint density at radius 1 is 1.07 bits per heavy atom. The SMILES string of the molecule is CCOP(=O)(O)c1ccc(S(=O)(=O)N[C@H](COc2cccc(C(=N)N)c2)Cc2ccc(OC3CCN(C(C)=N)CC3)cc2)cc1. The molecule has 1 aliphatic rings. The van der Waals surface area contributed by atoms with E-state index in [1.807, 2.05) is 29.2 Å². The minimum Gasteiger partial charge on any atom is -0.492 e. The van der Waals surface area contributed by atoms with Crippen LogP contribution in [0.5, 0.6) is 11.5 Å². The lowest BCUT2D eigenvalue weighted by Crippen LogP contribution is -2.40. The van der Waals surface area contributed by atoms with Crippen LogP contribution < -0.4 is 25.2 Å². The van der Waals surface area contributed by atoms with Gasteiger partial charge in [-0.1, -0.05) is 24.3 Å². The molecule has 1 fully saturated rings. The van der Waals surface area contributed by atoms with Crippen LogP contribution in [0, 0.1) is 10.8 Å². The van der Waals surface area contributed by atoms with Crippen LogP contribution in [0.3, 0.4) is 0 Å². The molecule has 1 heterocycles. The predicted octanol–water partition coefficient (Wildman–Crippen LogP) is 3.63. The summed E-state index contributed by atoms with van der Waals surface area (Å²) in [6.07, 6.45) is 2.00. The van der Waals surface area contributed by atoms with Gasteiger partial charge in [0, 0.05) is 31.5 Å². The number of hydrogen-bond donors (Lipinski definition) is 5. The second kappa shape index (κ2) is 15.0. The summed E-state index contributed by atoms with van der Waals surface area (Å²) in [4.78, 5) is 12.0. The number of nitrogen functional groups attached to an aromatic ring is 1. The van der Waals surface area contributed by atoms with Crippen LogP contribution in [-0.2, 0) is 25.5 Å². The van der Waals surface area contributed by atoms with E-state index in [0.717, 1.165) is 31.5 Å². The molecule has 0 aromatic heterocycles. The van der Waals surface area contributed by atoms with E-state index in [9.17, 15) is 17.9 Å². The fourth-order valence-corrected chi connectivity index (χ4v) is 7.17. The molecule has 0 amide bonds. The van der Waals surface area contributed by atoms with Crippen molar-refractivity contribution in [1.29, 1.82) is 10.8 Å². The highest BCUT2D eigenvalue weighted by molar-refractivity contribution is 7.89. The molecule has 45 heavy (non-hydrogen) atoms. The molecule has 12 nitrogen and oxygen atoms in total. The summed E-state index contributed by atoms with van der Waals surface area (Å²) in [7, 11) is -8.11. The van der Waals surface area contributed by atoms with Crippen molar-refractivity contribution in [3.05, 3.63) is 83.9 Å². The van der Waals surface area contributed by atoms with Crippen LogP contribution in [0.15, 0.2) is 77.7 Å². The van der Waals surface area contributed by atoms with Gasteiger partial charge in [0.15, 0.2) is 0 Å². The standard InChI is InChI=1S/C31H40N5O7PS/c1-3-42-44(37,38)29-11-13-30(14-12-29)45(39,40)35-25(21-41-28-6-4-5-24(20-28)31(33)34)19-23-7-9-26(10-8-23)43-27-15-17-36(18-16-27)22(2)32/h4-14,20,25,27,32,35H,3,15-19,21H2,1-2H3,(H3,33,34)(H,37,38)/t25-/m0/s1.